The van der Waals surface area contributed by atoms with Gasteiger partial charge in [-0.15, -0.1) is 0 Å². The van der Waals surface area contributed by atoms with Gasteiger partial charge in [0.25, 0.3) is 0 Å². The number of hydrogen-bond donors (Lipinski definition) is 1. The first-order valence-electron chi connectivity index (χ1n) is 7.05. The van der Waals surface area contributed by atoms with Gasteiger partial charge in [0.1, 0.15) is 11.5 Å². The number of ketones is 1. The molecule has 5 heteroatoms. The highest BCUT2D eigenvalue weighted by Crippen LogP contribution is 2.13. The molecule has 2 rings (SSSR count). The second kappa shape index (κ2) is 10.00. The van der Waals surface area contributed by atoms with Crippen molar-refractivity contribution in [2.45, 2.75) is 12.8 Å². The summed E-state index contributed by atoms with van der Waals surface area (Å²) in [5.41, 5.74) is 0.511. The summed E-state index contributed by atoms with van der Waals surface area (Å²) in [4.78, 5) is 21.7. The van der Waals surface area contributed by atoms with E-state index in [4.69, 9.17) is 14.6 Å². The molecule has 0 unspecified atom stereocenters. The van der Waals surface area contributed by atoms with E-state index in [1.807, 2.05) is 30.3 Å². The first-order valence-corrected chi connectivity index (χ1v) is 7.05. The maximum Gasteiger partial charge on any atom is 0.303 e. The molecule has 0 aliphatic carbocycles. The van der Waals surface area contributed by atoms with Crippen molar-refractivity contribution < 1.29 is 24.2 Å². The molecule has 5 nitrogen and oxygen atoms in total. The lowest BCUT2D eigenvalue weighted by molar-refractivity contribution is -0.136. The quantitative estimate of drug-likeness (QED) is 0.826. The van der Waals surface area contributed by atoms with Gasteiger partial charge in [-0.3, -0.25) is 9.59 Å². The lowest BCUT2D eigenvalue weighted by atomic mass is 10.1. The van der Waals surface area contributed by atoms with Crippen LogP contribution in [-0.2, 0) is 4.79 Å². The zero-order valence-electron chi connectivity index (χ0n) is 13.2. The van der Waals surface area contributed by atoms with E-state index in [2.05, 4.69) is 0 Å². The summed E-state index contributed by atoms with van der Waals surface area (Å²) < 4.78 is 9.86. The van der Waals surface area contributed by atoms with Crippen molar-refractivity contribution in [2.75, 3.05) is 14.2 Å². The van der Waals surface area contributed by atoms with E-state index in [0.717, 1.165) is 5.75 Å². The summed E-state index contributed by atoms with van der Waals surface area (Å²) in [5.74, 6) is 0.453. The normalized spacial score (nSPS) is 9.30. The molecule has 0 aliphatic heterocycles. The minimum absolute atomic E-state index is 0.0294. The van der Waals surface area contributed by atoms with Gasteiger partial charge in [-0.2, -0.15) is 0 Å². The number of Topliss-reactive ketones (excluding diaryl/α,β-unsaturated/α-hetero) is 1. The van der Waals surface area contributed by atoms with Crippen LogP contribution in [0.2, 0.25) is 0 Å². The van der Waals surface area contributed by atoms with Crippen molar-refractivity contribution in [3.63, 3.8) is 0 Å². The van der Waals surface area contributed by atoms with Crippen molar-refractivity contribution in [3.8, 4) is 11.5 Å². The molecule has 2 aromatic carbocycles. The molecular weight excluding hydrogens is 296 g/mol. The van der Waals surface area contributed by atoms with Crippen LogP contribution in [0.1, 0.15) is 23.2 Å². The zero-order valence-corrected chi connectivity index (χ0v) is 13.2. The van der Waals surface area contributed by atoms with Gasteiger partial charge in [-0.25, -0.2) is 0 Å². The maximum absolute atomic E-state index is 11.4. The van der Waals surface area contributed by atoms with Gasteiger partial charge < -0.3 is 14.6 Å². The van der Waals surface area contributed by atoms with Gasteiger partial charge in [-0.1, -0.05) is 18.2 Å². The summed E-state index contributed by atoms with van der Waals surface area (Å²) in [6.45, 7) is 0. The zero-order chi connectivity index (χ0) is 17.1. The Morgan fingerprint density at radius 3 is 1.78 bits per heavy atom. The van der Waals surface area contributed by atoms with Gasteiger partial charge >= 0.3 is 5.97 Å². The summed E-state index contributed by atoms with van der Waals surface area (Å²) >= 11 is 0. The number of hydrogen-bond acceptors (Lipinski definition) is 4. The Hall–Kier alpha value is -2.82. The maximum atomic E-state index is 11.4. The van der Waals surface area contributed by atoms with Crippen molar-refractivity contribution in [2.24, 2.45) is 0 Å². The van der Waals surface area contributed by atoms with Gasteiger partial charge in [-0.05, 0) is 36.4 Å². The van der Waals surface area contributed by atoms with Gasteiger partial charge in [0.15, 0.2) is 5.78 Å². The number of methoxy groups -OCH3 is 2. The summed E-state index contributed by atoms with van der Waals surface area (Å²) in [5, 5.41) is 8.42. The van der Waals surface area contributed by atoms with Gasteiger partial charge in [0, 0.05) is 12.0 Å². The van der Waals surface area contributed by atoms with Crippen molar-refractivity contribution in [3.05, 3.63) is 60.2 Å². The largest absolute Gasteiger partial charge is 0.497 e. The molecule has 0 aromatic heterocycles. The Morgan fingerprint density at radius 2 is 1.35 bits per heavy atom. The molecular formula is C18H20O5. The number of carbonyl (C=O) groups is 2. The molecule has 0 spiro atoms. The van der Waals surface area contributed by atoms with E-state index in [9.17, 15) is 9.59 Å². The predicted molar refractivity (Wildman–Crippen MR) is 87.2 cm³/mol. The molecule has 122 valence electrons. The first kappa shape index (κ1) is 18.2. The highest BCUT2D eigenvalue weighted by atomic mass is 16.5. The minimum Gasteiger partial charge on any atom is -0.497 e. The van der Waals surface area contributed by atoms with E-state index in [-0.39, 0.29) is 18.6 Å². The Labute approximate surface area is 135 Å². The van der Waals surface area contributed by atoms with Gasteiger partial charge in [0.2, 0.25) is 0 Å². The topological polar surface area (TPSA) is 72.8 Å². The van der Waals surface area contributed by atoms with Crippen LogP contribution < -0.4 is 9.47 Å². The standard InChI is InChI=1S/C11H12O4.C7H8O/c1-15-9-4-2-8(3-5-9)10(12)6-7-11(13)14;1-8-7-5-3-2-4-6-7/h2-5H,6-7H2,1H3,(H,13,14);2-6H,1H3. The average molecular weight is 316 g/mol. The molecule has 0 aliphatic rings. The molecule has 0 fully saturated rings. The molecule has 1 N–H and O–H groups in total. The fourth-order valence-corrected chi connectivity index (χ4v) is 1.70. The Kier molecular flexibility index (Phi) is 7.92. The van der Waals surface area contributed by atoms with Crippen molar-refractivity contribution >= 4 is 11.8 Å². The Morgan fingerprint density at radius 1 is 0.826 bits per heavy atom. The average Bonchev–Trinajstić information content (AvgIpc) is 2.61. The Balaban J connectivity index is 0.000000277. The number of carbonyl (C=O) groups excluding carboxylic acids is 1. The van der Waals surface area contributed by atoms with Crippen LogP contribution in [0.25, 0.3) is 0 Å². The van der Waals surface area contributed by atoms with E-state index < -0.39 is 5.97 Å². The molecule has 0 bridgehead atoms. The molecule has 2 aromatic rings. The molecule has 0 saturated carbocycles. The van der Waals surface area contributed by atoms with Crippen LogP contribution in [-0.4, -0.2) is 31.1 Å². The van der Waals surface area contributed by atoms with E-state index >= 15 is 0 Å². The van der Waals surface area contributed by atoms with Crippen LogP contribution in [0.5, 0.6) is 11.5 Å². The van der Waals surface area contributed by atoms with Crippen LogP contribution in [0.3, 0.4) is 0 Å². The Bertz CT molecular complexity index is 605. The van der Waals surface area contributed by atoms with E-state index in [1.165, 1.54) is 0 Å². The van der Waals surface area contributed by atoms with Crippen LogP contribution in [0.4, 0.5) is 0 Å². The van der Waals surface area contributed by atoms with E-state index in [1.54, 1.807) is 38.5 Å². The van der Waals surface area contributed by atoms with Crippen molar-refractivity contribution in [1.82, 2.24) is 0 Å². The number of carboxylic acids is 1. The van der Waals surface area contributed by atoms with Gasteiger partial charge in [0.05, 0.1) is 20.6 Å². The number of aliphatic carboxylic acids is 1. The van der Waals surface area contributed by atoms with Crippen LogP contribution in [0.15, 0.2) is 54.6 Å². The third kappa shape index (κ3) is 7.13. The fourth-order valence-electron chi connectivity index (χ4n) is 1.70. The highest BCUT2D eigenvalue weighted by Gasteiger charge is 2.08. The summed E-state index contributed by atoms with van der Waals surface area (Å²) in [6.07, 6.45) is -0.105. The smallest absolute Gasteiger partial charge is 0.303 e. The molecule has 0 atom stereocenters. The highest BCUT2D eigenvalue weighted by molar-refractivity contribution is 5.97. The molecule has 0 heterocycles. The van der Waals surface area contributed by atoms with Crippen molar-refractivity contribution in [1.29, 1.82) is 0 Å². The number of benzene rings is 2. The lowest BCUT2D eigenvalue weighted by Crippen LogP contribution is -2.03. The number of rotatable bonds is 6. The lowest BCUT2D eigenvalue weighted by Gasteiger charge is -2.01. The molecule has 0 saturated heterocycles. The SMILES string of the molecule is COc1ccc(C(=O)CCC(=O)O)cc1.COc1ccccc1. The number of para-hydroxylation sites is 1. The fraction of sp³-hybridized carbons (Fsp3) is 0.222. The first-order chi connectivity index (χ1) is 11.1. The molecule has 0 amide bonds. The summed E-state index contributed by atoms with van der Waals surface area (Å²) in [6, 6.07) is 16.3. The second-order valence-corrected chi connectivity index (χ2v) is 4.56. The molecule has 23 heavy (non-hydrogen) atoms. The second-order valence-electron chi connectivity index (χ2n) is 4.56. The minimum atomic E-state index is -0.961. The monoisotopic (exact) mass is 316 g/mol. The number of ether oxygens (including phenoxy) is 2. The predicted octanol–water partition coefficient (Wildman–Crippen LogP) is 3.44. The third-order valence-corrected chi connectivity index (χ3v) is 2.96. The number of carboxylic acid groups (broad SMARTS) is 1. The van der Waals surface area contributed by atoms with E-state index in [0.29, 0.717) is 11.3 Å². The summed E-state index contributed by atoms with van der Waals surface area (Å²) in [7, 11) is 3.20. The third-order valence-electron chi connectivity index (χ3n) is 2.96. The van der Waals surface area contributed by atoms with Crippen LogP contribution in [0, 0.1) is 0 Å². The van der Waals surface area contributed by atoms with Crippen LogP contribution >= 0.6 is 0 Å². The molecule has 0 radical (unpaired) electrons.